The van der Waals surface area contributed by atoms with Gasteiger partial charge >= 0.3 is 0 Å². The summed E-state index contributed by atoms with van der Waals surface area (Å²) in [6.07, 6.45) is 12.9. The summed E-state index contributed by atoms with van der Waals surface area (Å²) in [7, 11) is 1.65. The second-order valence-electron chi connectivity index (χ2n) is 12.0. The summed E-state index contributed by atoms with van der Waals surface area (Å²) in [6, 6.07) is 6.52. The van der Waals surface area contributed by atoms with Gasteiger partial charge in [0.25, 0.3) is 5.88 Å². The van der Waals surface area contributed by atoms with Crippen LogP contribution in [0.4, 0.5) is 11.6 Å². The van der Waals surface area contributed by atoms with Gasteiger partial charge in [0.15, 0.2) is 0 Å². The predicted octanol–water partition coefficient (Wildman–Crippen LogP) is 4.65. The normalized spacial score (nSPS) is 19.2. The Hall–Kier alpha value is -3.82. The highest BCUT2D eigenvalue weighted by atomic mass is 35.5. The first kappa shape index (κ1) is 34.1. The molecule has 4 heterocycles. The minimum absolute atomic E-state index is 0.170. The van der Waals surface area contributed by atoms with Crippen LogP contribution in [0.15, 0.2) is 49.4 Å². The zero-order valence-electron chi connectivity index (χ0n) is 27.5. The molecule has 0 spiro atoms. The fraction of sp³-hybridized carbons (Fsp3) is 0.545. The molecule has 1 saturated heterocycles. The quantitative estimate of drug-likeness (QED) is 0.165. The minimum Gasteiger partial charge on any atom is -0.487 e. The maximum Gasteiger partial charge on any atom is 0.257 e. The van der Waals surface area contributed by atoms with Crippen molar-refractivity contribution in [1.29, 1.82) is 0 Å². The van der Waals surface area contributed by atoms with Crippen LogP contribution in [0.2, 0.25) is 5.02 Å². The largest absolute Gasteiger partial charge is 0.487 e. The summed E-state index contributed by atoms with van der Waals surface area (Å²) in [5.74, 6) is 1.50. The summed E-state index contributed by atoms with van der Waals surface area (Å²) in [5, 5.41) is 12.8. The maximum atomic E-state index is 6.47. The standard InChI is InChI=1S/C33H44ClN9O5/c1-24(20-42-23-35-22-38-42)48-31-17-25(3-8-29(31)34)26-18-36-33(37-19-26)39-30-21-43(40-32(30)47-16-15-46-14-13-44-2)28-6-4-27(5-7-28)41-9-11-45-12-10-41/h3,8,17-19,21-24,27-28H,4-7,9-16,20H2,1-2H3,(H,36,37,39)/t24-,27?,28?/m0/s1. The van der Waals surface area contributed by atoms with E-state index in [-0.39, 0.29) is 6.10 Å². The number of hydrogen-bond donors (Lipinski definition) is 1. The zero-order valence-corrected chi connectivity index (χ0v) is 28.3. The average Bonchev–Trinajstić information content (AvgIpc) is 3.78. The van der Waals surface area contributed by atoms with Gasteiger partial charge in [0, 0.05) is 44.2 Å². The van der Waals surface area contributed by atoms with Crippen LogP contribution in [0.3, 0.4) is 0 Å². The number of morpholine rings is 1. The SMILES string of the molecule is COCCOCCOc1nn(C2CCC(N3CCOCC3)CC2)cc1Nc1ncc(-c2ccc(Cl)c(O[C@@H](C)Cn3cncn3)c2)cn1. The number of methoxy groups -OCH3 is 1. The molecule has 2 aliphatic rings. The number of nitrogens with one attached hydrogen (secondary N) is 1. The highest BCUT2D eigenvalue weighted by Crippen LogP contribution is 2.35. The van der Waals surface area contributed by atoms with E-state index >= 15 is 0 Å². The van der Waals surface area contributed by atoms with Crippen molar-refractivity contribution in [3.63, 3.8) is 0 Å². The molecule has 1 saturated carbocycles. The van der Waals surface area contributed by atoms with Gasteiger partial charge in [0.1, 0.15) is 36.8 Å². The van der Waals surface area contributed by atoms with Gasteiger partial charge in [-0.1, -0.05) is 17.7 Å². The number of anilines is 2. The first-order valence-corrected chi connectivity index (χ1v) is 16.9. The van der Waals surface area contributed by atoms with Crippen molar-refractivity contribution >= 4 is 23.2 Å². The average molecular weight is 682 g/mol. The minimum atomic E-state index is -0.170. The Kier molecular flexibility index (Phi) is 12.1. The van der Waals surface area contributed by atoms with E-state index in [0.29, 0.717) is 73.3 Å². The van der Waals surface area contributed by atoms with Gasteiger partial charge in [-0.2, -0.15) is 5.10 Å². The van der Waals surface area contributed by atoms with E-state index < -0.39 is 0 Å². The van der Waals surface area contributed by atoms with Gasteiger partial charge in [-0.3, -0.25) is 9.58 Å². The van der Waals surface area contributed by atoms with Gasteiger partial charge < -0.3 is 29.0 Å². The van der Waals surface area contributed by atoms with Crippen LogP contribution in [0, 0.1) is 0 Å². The molecule has 1 N–H and O–H groups in total. The van der Waals surface area contributed by atoms with Crippen molar-refractivity contribution in [3.8, 4) is 22.8 Å². The fourth-order valence-electron chi connectivity index (χ4n) is 6.11. The van der Waals surface area contributed by atoms with Crippen LogP contribution in [-0.2, 0) is 20.8 Å². The van der Waals surface area contributed by atoms with Crippen LogP contribution >= 0.6 is 11.6 Å². The molecule has 14 nitrogen and oxygen atoms in total. The van der Waals surface area contributed by atoms with Gasteiger partial charge in [-0.15, -0.1) is 5.10 Å². The Labute approximate surface area is 285 Å². The molecular formula is C33H44ClN9O5. The lowest BCUT2D eigenvalue weighted by Crippen LogP contribution is -2.45. The molecule has 1 aliphatic heterocycles. The topological polar surface area (TPSA) is 136 Å². The lowest BCUT2D eigenvalue weighted by molar-refractivity contribution is 0.00501. The number of hydrogen-bond acceptors (Lipinski definition) is 12. The third kappa shape index (κ3) is 9.20. The molecule has 0 radical (unpaired) electrons. The fourth-order valence-corrected chi connectivity index (χ4v) is 6.27. The van der Waals surface area contributed by atoms with E-state index in [1.165, 1.54) is 6.33 Å². The molecule has 15 heteroatoms. The number of ether oxygens (including phenoxy) is 5. The molecule has 0 bridgehead atoms. The van der Waals surface area contributed by atoms with Crippen molar-refractivity contribution in [2.24, 2.45) is 0 Å². The van der Waals surface area contributed by atoms with Gasteiger partial charge in [0.2, 0.25) is 5.95 Å². The van der Waals surface area contributed by atoms with E-state index in [4.69, 9.17) is 40.4 Å². The van der Waals surface area contributed by atoms with E-state index in [1.54, 1.807) is 30.5 Å². The van der Waals surface area contributed by atoms with Gasteiger partial charge in [-0.25, -0.2) is 19.6 Å². The third-order valence-corrected chi connectivity index (χ3v) is 8.91. The van der Waals surface area contributed by atoms with Crippen molar-refractivity contribution in [2.45, 2.75) is 57.3 Å². The number of halogens is 1. The second-order valence-corrected chi connectivity index (χ2v) is 12.4. The van der Waals surface area contributed by atoms with Gasteiger partial charge in [-0.05, 0) is 50.3 Å². The Bertz CT molecular complexity index is 1540. The first-order chi connectivity index (χ1) is 23.6. The molecular weight excluding hydrogens is 638 g/mol. The Morgan fingerprint density at radius 1 is 1.00 bits per heavy atom. The van der Waals surface area contributed by atoms with E-state index in [0.717, 1.165) is 63.1 Å². The Morgan fingerprint density at radius 2 is 1.77 bits per heavy atom. The number of benzene rings is 1. The molecule has 0 unspecified atom stereocenters. The van der Waals surface area contributed by atoms with Crippen LogP contribution in [0.5, 0.6) is 11.6 Å². The zero-order chi connectivity index (χ0) is 33.1. The van der Waals surface area contributed by atoms with E-state index in [2.05, 4.69) is 30.3 Å². The predicted molar refractivity (Wildman–Crippen MR) is 180 cm³/mol. The molecule has 4 aromatic rings. The number of rotatable bonds is 16. The first-order valence-electron chi connectivity index (χ1n) is 16.5. The molecule has 1 atom stereocenters. The monoisotopic (exact) mass is 681 g/mol. The summed E-state index contributed by atoms with van der Waals surface area (Å²) in [6.45, 7) is 8.03. The Morgan fingerprint density at radius 3 is 2.52 bits per heavy atom. The molecule has 1 aliphatic carbocycles. The highest BCUT2D eigenvalue weighted by Gasteiger charge is 2.29. The van der Waals surface area contributed by atoms with E-state index in [1.807, 2.05) is 36.0 Å². The molecule has 0 amide bonds. The summed E-state index contributed by atoms with van der Waals surface area (Å²) in [5.41, 5.74) is 2.41. The lowest BCUT2D eigenvalue weighted by Gasteiger charge is -2.38. The Balaban J connectivity index is 1.11. The molecule has 1 aromatic carbocycles. The summed E-state index contributed by atoms with van der Waals surface area (Å²) in [4.78, 5) is 15.8. The number of nitrogens with zero attached hydrogens (tertiary/aromatic N) is 8. The van der Waals surface area contributed by atoms with Crippen molar-refractivity contribution in [1.82, 2.24) is 39.4 Å². The molecule has 2 fully saturated rings. The van der Waals surface area contributed by atoms with Crippen molar-refractivity contribution in [3.05, 3.63) is 54.5 Å². The van der Waals surface area contributed by atoms with Crippen LogP contribution in [0.1, 0.15) is 38.6 Å². The van der Waals surface area contributed by atoms with Crippen molar-refractivity contribution < 1.29 is 23.7 Å². The molecule has 3 aromatic heterocycles. The molecule has 48 heavy (non-hydrogen) atoms. The van der Waals surface area contributed by atoms with Crippen LogP contribution < -0.4 is 14.8 Å². The lowest BCUT2D eigenvalue weighted by atomic mass is 9.90. The number of aromatic nitrogens is 7. The second kappa shape index (κ2) is 17.0. The van der Waals surface area contributed by atoms with Crippen LogP contribution in [-0.4, -0.2) is 111 Å². The van der Waals surface area contributed by atoms with Crippen LogP contribution in [0.25, 0.3) is 11.1 Å². The molecule has 6 rings (SSSR count). The van der Waals surface area contributed by atoms with Crippen molar-refractivity contribution in [2.75, 3.05) is 65.2 Å². The third-order valence-electron chi connectivity index (χ3n) is 8.60. The maximum absolute atomic E-state index is 6.47. The molecule has 258 valence electrons. The van der Waals surface area contributed by atoms with E-state index in [9.17, 15) is 0 Å². The highest BCUT2D eigenvalue weighted by molar-refractivity contribution is 6.32. The summed E-state index contributed by atoms with van der Waals surface area (Å²) >= 11 is 6.47. The summed E-state index contributed by atoms with van der Waals surface area (Å²) < 4.78 is 32.2. The smallest absolute Gasteiger partial charge is 0.257 e. The van der Waals surface area contributed by atoms with Gasteiger partial charge in [0.05, 0.1) is 56.8 Å².